The molecule has 0 atom stereocenters. The van der Waals surface area contributed by atoms with Crippen LogP contribution >= 0.6 is 0 Å². The summed E-state index contributed by atoms with van der Waals surface area (Å²) in [6.07, 6.45) is 0.703. The van der Waals surface area contributed by atoms with E-state index in [1.54, 1.807) is 33.8 Å². The van der Waals surface area contributed by atoms with Gasteiger partial charge in [-0.1, -0.05) is 0 Å². The van der Waals surface area contributed by atoms with Crippen LogP contribution in [0.15, 0.2) is 23.0 Å². The summed E-state index contributed by atoms with van der Waals surface area (Å²) < 4.78 is 2.96. The zero-order chi connectivity index (χ0) is 19.0. The van der Waals surface area contributed by atoms with Gasteiger partial charge in [-0.2, -0.15) is 0 Å². The molecule has 25 heavy (non-hydrogen) atoms. The SMILES string of the molecule is CC(C)(O)CCn1c(=O)n(CCC(C)(C)O)c2cc([N+](=O)[O-])ccc21. The summed E-state index contributed by atoms with van der Waals surface area (Å²) >= 11 is 0. The maximum atomic E-state index is 12.8. The van der Waals surface area contributed by atoms with Crippen LogP contribution in [0.25, 0.3) is 11.0 Å². The van der Waals surface area contributed by atoms with E-state index in [1.807, 2.05) is 0 Å². The molecular weight excluding hydrogens is 326 g/mol. The quantitative estimate of drug-likeness (QED) is 0.586. The molecule has 0 fully saturated rings. The molecule has 0 spiro atoms. The van der Waals surface area contributed by atoms with Crippen LogP contribution in [0.2, 0.25) is 0 Å². The second-order valence-electron chi connectivity index (χ2n) is 7.64. The molecule has 0 radical (unpaired) electrons. The van der Waals surface area contributed by atoms with E-state index in [2.05, 4.69) is 0 Å². The molecule has 1 heterocycles. The number of nitro groups is 1. The molecule has 2 rings (SSSR count). The Labute approximate surface area is 145 Å². The van der Waals surface area contributed by atoms with Crippen molar-refractivity contribution in [3.8, 4) is 0 Å². The molecule has 1 aromatic carbocycles. The molecule has 0 aliphatic carbocycles. The van der Waals surface area contributed by atoms with Gasteiger partial charge in [0.2, 0.25) is 0 Å². The van der Waals surface area contributed by atoms with Crippen molar-refractivity contribution in [2.75, 3.05) is 0 Å². The number of benzene rings is 1. The van der Waals surface area contributed by atoms with Gasteiger partial charge in [0, 0.05) is 25.2 Å². The van der Waals surface area contributed by atoms with Gasteiger partial charge in [-0.3, -0.25) is 19.2 Å². The number of aliphatic hydroxyl groups is 2. The molecule has 0 bridgehead atoms. The molecule has 0 saturated carbocycles. The summed E-state index contributed by atoms with van der Waals surface area (Å²) in [6, 6.07) is 4.30. The third-order valence-corrected chi connectivity index (χ3v) is 4.11. The first-order chi connectivity index (χ1) is 11.4. The third-order valence-electron chi connectivity index (χ3n) is 4.11. The van der Waals surface area contributed by atoms with Gasteiger partial charge in [0.15, 0.2) is 0 Å². The van der Waals surface area contributed by atoms with Gasteiger partial charge < -0.3 is 10.2 Å². The lowest BCUT2D eigenvalue weighted by molar-refractivity contribution is -0.384. The van der Waals surface area contributed by atoms with Crippen LogP contribution in [0.3, 0.4) is 0 Å². The minimum absolute atomic E-state index is 0.0934. The van der Waals surface area contributed by atoms with E-state index in [0.717, 1.165) is 0 Å². The monoisotopic (exact) mass is 351 g/mol. The van der Waals surface area contributed by atoms with Crippen LogP contribution in [-0.4, -0.2) is 35.5 Å². The number of nitrogens with zero attached hydrogens (tertiary/aromatic N) is 3. The van der Waals surface area contributed by atoms with Gasteiger partial charge in [0.1, 0.15) is 0 Å². The highest BCUT2D eigenvalue weighted by molar-refractivity contribution is 5.78. The summed E-state index contributed by atoms with van der Waals surface area (Å²) in [5.41, 5.74) is -1.24. The van der Waals surface area contributed by atoms with Gasteiger partial charge in [-0.15, -0.1) is 0 Å². The molecule has 0 amide bonds. The minimum Gasteiger partial charge on any atom is -0.390 e. The Morgan fingerprint density at radius 3 is 1.92 bits per heavy atom. The van der Waals surface area contributed by atoms with Gasteiger partial charge in [0.25, 0.3) is 5.69 Å². The van der Waals surface area contributed by atoms with Crippen molar-refractivity contribution in [1.82, 2.24) is 9.13 Å². The maximum Gasteiger partial charge on any atom is 0.329 e. The summed E-state index contributed by atoms with van der Waals surface area (Å²) in [7, 11) is 0. The second-order valence-corrected chi connectivity index (χ2v) is 7.64. The minimum atomic E-state index is -0.957. The lowest BCUT2D eigenvalue weighted by Crippen LogP contribution is -2.30. The van der Waals surface area contributed by atoms with Crippen LogP contribution in [-0.2, 0) is 13.1 Å². The Hall–Kier alpha value is -2.19. The van der Waals surface area contributed by atoms with Crippen LogP contribution in [0.5, 0.6) is 0 Å². The first kappa shape index (κ1) is 19.1. The number of nitro benzene ring substituents is 1. The predicted octanol–water partition coefficient (Wildman–Crippen LogP) is 2.03. The average molecular weight is 351 g/mol. The predicted molar refractivity (Wildman–Crippen MR) is 94.7 cm³/mol. The summed E-state index contributed by atoms with van der Waals surface area (Å²) in [4.78, 5) is 23.4. The van der Waals surface area contributed by atoms with Gasteiger partial charge in [0.05, 0.1) is 27.2 Å². The Bertz CT molecular complexity index is 837. The molecule has 138 valence electrons. The fourth-order valence-electron chi connectivity index (χ4n) is 2.62. The molecule has 0 aliphatic heterocycles. The van der Waals surface area contributed by atoms with Crippen molar-refractivity contribution >= 4 is 16.7 Å². The van der Waals surface area contributed by atoms with E-state index in [9.17, 15) is 25.1 Å². The zero-order valence-electron chi connectivity index (χ0n) is 15.0. The van der Waals surface area contributed by atoms with E-state index in [-0.39, 0.29) is 17.9 Å². The first-order valence-electron chi connectivity index (χ1n) is 8.21. The molecule has 1 aromatic heterocycles. The van der Waals surface area contributed by atoms with Crippen molar-refractivity contribution in [2.24, 2.45) is 0 Å². The van der Waals surface area contributed by atoms with E-state index in [4.69, 9.17) is 0 Å². The first-order valence-corrected chi connectivity index (χ1v) is 8.21. The second kappa shape index (κ2) is 6.61. The van der Waals surface area contributed by atoms with Crippen LogP contribution < -0.4 is 5.69 Å². The van der Waals surface area contributed by atoms with Crippen molar-refractivity contribution < 1.29 is 15.1 Å². The molecule has 8 nitrogen and oxygen atoms in total. The molecule has 8 heteroatoms. The van der Waals surface area contributed by atoms with E-state index in [0.29, 0.717) is 30.4 Å². The van der Waals surface area contributed by atoms with Crippen LogP contribution in [0.4, 0.5) is 5.69 Å². The zero-order valence-corrected chi connectivity index (χ0v) is 15.0. The lowest BCUT2D eigenvalue weighted by atomic mass is 10.1. The number of rotatable bonds is 7. The fraction of sp³-hybridized carbons (Fsp3) is 0.588. The summed E-state index contributed by atoms with van der Waals surface area (Å²) in [5, 5.41) is 30.9. The average Bonchev–Trinajstić information content (AvgIpc) is 2.72. The number of non-ortho nitro benzene ring substituents is 1. The number of hydrogen-bond acceptors (Lipinski definition) is 5. The number of hydrogen-bond donors (Lipinski definition) is 2. The highest BCUT2D eigenvalue weighted by Crippen LogP contribution is 2.22. The highest BCUT2D eigenvalue weighted by atomic mass is 16.6. The van der Waals surface area contributed by atoms with E-state index < -0.39 is 16.1 Å². The van der Waals surface area contributed by atoms with E-state index >= 15 is 0 Å². The smallest absolute Gasteiger partial charge is 0.329 e. The standard InChI is InChI=1S/C17H25N3O5/c1-16(2,22)7-9-18-13-6-5-12(20(24)25)11-14(13)19(15(18)21)10-8-17(3,4)23/h5-6,11,22-23H,7-10H2,1-4H3. The summed E-state index contributed by atoms with van der Waals surface area (Å²) in [6.45, 7) is 7.16. The largest absolute Gasteiger partial charge is 0.390 e. The third kappa shape index (κ3) is 4.67. The number of fused-ring (bicyclic) bond motifs is 1. The van der Waals surface area contributed by atoms with Gasteiger partial charge in [-0.05, 0) is 46.6 Å². The van der Waals surface area contributed by atoms with Crippen LogP contribution in [0.1, 0.15) is 40.5 Å². The normalized spacial score (nSPS) is 12.7. The van der Waals surface area contributed by atoms with Crippen molar-refractivity contribution in [2.45, 2.75) is 64.8 Å². The van der Waals surface area contributed by atoms with Crippen molar-refractivity contribution in [3.63, 3.8) is 0 Å². The van der Waals surface area contributed by atoms with Gasteiger partial charge >= 0.3 is 5.69 Å². The Morgan fingerprint density at radius 2 is 1.48 bits per heavy atom. The van der Waals surface area contributed by atoms with Gasteiger partial charge in [-0.25, -0.2) is 4.79 Å². The van der Waals surface area contributed by atoms with E-state index in [1.165, 1.54) is 21.3 Å². The molecule has 0 unspecified atom stereocenters. The topological polar surface area (TPSA) is 111 Å². The number of imidazole rings is 1. The van der Waals surface area contributed by atoms with Crippen molar-refractivity contribution in [3.05, 3.63) is 38.8 Å². The molecule has 0 saturated heterocycles. The van der Waals surface area contributed by atoms with Crippen molar-refractivity contribution in [1.29, 1.82) is 0 Å². The maximum absolute atomic E-state index is 12.8. The fourth-order valence-corrected chi connectivity index (χ4v) is 2.62. The lowest BCUT2D eigenvalue weighted by Gasteiger charge is -2.17. The number of aryl methyl sites for hydroxylation is 2. The molecule has 2 aromatic rings. The summed E-state index contributed by atoms with van der Waals surface area (Å²) in [5.74, 6) is 0. The molecule has 0 aliphatic rings. The molecular formula is C17H25N3O5. The van der Waals surface area contributed by atoms with Crippen LogP contribution in [0, 0.1) is 10.1 Å². The molecule has 2 N–H and O–H groups in total. The Kier molecular flexibility index (Phi) is 5.06. The Balaban J connectivity index is 2.55. The number of aromatic nitrogens is 2. The Morgan fingerprint density at radius 1 is 1.00 bits per heavy atom. The highest BCUT2D eigenvalue weighted by Gasteiger charge is 2.21.